The molecule has 2 aromatic rings. The van der Waals surface area contributed by atoms with E-state index in [-0.39, 0.29) is 17.8 Å². The molecule has 1 aliphatic heterocycles. The second-order valence-corrected chi connectivity index (χ2v) is 6.51. The molecule has 0 bridgehead atoms. The third-order valence-corrected chi connectivity index (χ3v) is 4.84. The van der Waals surface area contributed by atoms with Crippen LogP contribution in [-0.4, -0.2) is 53.6 Å². The lowest BCUT2D eigenvalue weighted by atomic mass is 9.99. The Labute approximate surface area is 153 Å². The highest BCUT2D eigenvalue weighted by Crippen LogP contribution is 2.24. The lowest BCUT2D eigenvalue weighted by molar-refractivity contribution is -0.145. The van der Waals surface area contributed by atoms with E-state index in [2.05, 4.69) is 39.2 Å². The summed E-state index contributed by atoms with van der Waals surface area (Å²) in [5, 5.41) is 3.42. The van der Waals surface area contributed by atoms with Crippen molar-refractivity contribution >= 4 is 11.9 Å². The lowest BCUT2D eigenvalue weighted by Gasteiger charge is -2.22. The van der Waals surface area contributed by atoms with Gasteiger partial charge in [0, 0.05) is 39.1 Å². The standard InChI is InChI=1S/C19H25N5O2/c1-14-11-24(12-16(14)18(25)26-3)19(20-2)22-10-15-6-4-5-7-17(15)23-9-8-21-13-23/h4-9,13-14,16H,10-12H2,1-3H3,(H,20,22). The third-order valence-electron chi connectivity index (χ3n) is 4.84. The van der Waals surface area contributed by atoms with Crippen LogP contribution in [0.3, 0.4) is 0 Å². The summed E-state index contributed by atoms with van der Waals surface area (Å²) in [5.41, 5.74) is 2.22. The number of para-hydroxylation sites is 1. The maximum absolute atomic E-state index is 11.9. The molecule has 0 aliphatic carbocycles. The minimum Gasteiger partial charge on any atom is -0.469 e. The van der Waals surface area contributed by atoms with E-state index < -0.39 is 0 Å². The summed E-state index contributed by atoms with van der Waals surface area (Å²) in [5.74, 6) is 0.764. The monoisotopic (exact) mass is 355 g/mol. The summed E-state index contributed by atoms with van der Waals surface area (Å²) in [6.07, 6.45) is 5.48. The molecule has 138 valence electrons. The zero-order valence-electron chi connectivity index (χ0n) is 15.4. The number of aliphatic imine (C=N–C) groups is 1. The molecule has 1 N–H and O–H groups in total. The number of guanidine groups is 1. The minimum absolute atomic E-state index is 0.114. The van der Waals surface area contributed by atoms with Crippen molar-refractivity contribution in [3.8, 4) is 5.69 Å². The van der Waals surface area contributed by atoms with E-state index >= 15 is 0 Å². The highest BCUT2D eigenvalue weighted by Gasteiger charge is 2.36. The van der Waals surface area contributed by atoms with Gasteiger partial charge in [-0.2, -0.15) is 0 Å². The minimum atomic E-state index is -0.152. The van der Waals surface area contributed by atoms with Crippen LogP contribution in [0.5, 0.6) is 0 Å². The van der Waals surface area contributed by atoms with Gasteiger partial charge in [0.2, 0.25) is 0 Å². The van der Waals surface area contributed by atoms with Crippen molar-refractivity contribution in [1.29, 1.82) is 0 Å². The van der Waals surface area contributed by atoms with Crippen molar-refractivity contribution in [2.24, 2.45) is 16.8 Å². The van der Waals surface area contributed by atoms with Crippen molar-refractivity contribution in [1.82, 2.24) is 19.8 Å². The van der Waals surface area contributed by atoms with Gasteiger partial charge in [-0.25, -0.2) is 4.98 Å². The lowest BCUT2D eigenvalue weighted by Crippen LogP contribution is -2.40. The highest BCUT2D eigenvalue weighted by molar-refractivity contribution is 5.82. The smallest absolute Gasteiger partial charge is 0.310 e. The van der Waals surface area contributed by atoms with Gasteiger partial charge >= 0.3 is 5.97 Å². The molecule has 26 heavy (non-hydrogen) atoms. The summed E-state index contributed by atoms with van der Waals surface area (Å²) in [6, 6.07) is 8.17. The van der Waals surface area contributed by atoms with Crippen molar-refractivity contribution in [2.45, 2.75) is 13.5 Å². The van der Waals surface area contributed by atoms with Crippen LogP contribution in [-0.2, 0) is 16.1 Å². The largest absolute Gasteiger partial charge is 0.469 e. The van der Waals surface area contributed by atoms with Gasteiger partial charge in [0.05, 0.1) is 25.0 Å². The average Bonchev–Trinajstić information content (AvgIpc) is 3.32. The summed E-state index contributed by atoms with van der Waals surface area (Å²) in [4.78, 5) is 22.5. The van der Waals surface area contributed by atoms with Crippen LogP contribution >= 0.6 is 0 Å². The number of aromatic nitrogens is 2. The Morgan fingerprint density at radius 2 is 2.19 bits per heavy atom. The molecule has 1 saturated heterocycles. The molecule has 2 unspecified atom stereocenters. The molecule has 0 amide bonds. The Kier molecular flexibility index (Phi) is 5.55. The van der Waals surface area contributed by atoms with Gasteiger partial charge in [-0.05, 0) is 17.5 Å². The molecule has 1 aliphatic rings. The number of esters is 1. The number of rotatable bonds is 4. The second-order valence-electron chi connectivity index (χ2n) is 6.51. The third kappa shape index (κ3) is 3.71. The zero-order valence-corrected chi connectivity index (χ0v) is 15.4. The van der Waals surface area contributed by atoms with E-state index in [1.165, 1.54) is 7.11 Å². The van der Waals surface area contributed by atoms with Gasteiger partial charge in [0.15, 0.2) is 5.96 Å². The van der Waals surface area contributed by atoms with E-state index in [1.807, 2.05) is 22.9 Å². The van der Waals surface area contributed by atoms with E-state index in [4.69, 9.17) is 4.74 Å². The number of carbonyl (C=O) groups excluding carboxylic acids is 1. The normalized spacial score (nSPS) is 20.3. The summed E-state index contributed by atoms with van der Waals surface area (Å²) in [6.45, 7) is 4.11. The van der Waals surface area contributed by atoms with Crippen LogP contribution in [0.15, 0.2) is 48.0 Å². The Balaban J connectivity index is 1.69. The molecule has 1 aromatic heterocycles. The van der Waals surface area contributed by atoms with Gasteiger partial charge in [0.1, 0.15) is 0 Å². The Hall–Kier alpha value is -2.83. The number of ether oxygens (including phenoxy) is 1. The number of benzene rings is 1. The van der Waals surface area contributed by atoms with Gasteiger partial charge in [-0.1, -0.05) is 25.1 Å². The van der Waals surface area contributed by atoms with Crippen molar-refractivity contribution in [3.63, 3.8) is 0 Å². The number of hydrogen-bond acceptors (Lipinski definition) is 4. The van der Waals surface area contributed by atoms with Crippen LogP contribution in [0.25, 0.3) is 5.69 Å². The summed E-state index contributed by atoms with van der Waals surface area (Å²) < 4.78 is 6.91. The molecule has 2 heterocycles. The highest BCUT2D eigenvalue weighted by atomic mass is 16.5. The summed E-state index contributed by atoms with van der Waals surface area (Å²) in [7, 11) is 3.21. The number of likely N-dealkylation sites (tertiary alicyclic amines) is 1. The van der Waals surface area contributed by atoms with Crippen LogP contribution in [0, 0.1) is 11.8 Å². The number of methoxy groups -OCH3 is 1. The Morgan fingerprint density at radius 3 is 2.88 bits per heavy atom. The SMILES string of the molecule is CN=C(NCc1ccccc1-n1ccnc1)N1CC(C)C(C(=O)OC)C1. The maximum atomic E-state index is 11.9. The maximum Gasteiger partial charge on any atom is 0.310 e. The molecule has 2 atom stereocenters. The van der Waals surface area contributed by atoms with Gasteiger partial charge in [-0.15, -0.1) is 0 Å². The van der Waals surface area contributed by atoms with E-state index in [0.29, 0.717) is 13.1 Å². The van der Waals surface area contributed by atoms with E-state index in [9.17, 15) is 4.79 Å². The number of carbonyl (C=O) groups is 1. The van der Waals surface area contributed by atoms with E-state index in [1.54, 1.807) is 19.6 Å². The summed E-state index contributed by atoms with van der Waals surface area (Å²) >= 11 is 0. The molecule has 7 nitrogen and oxygen atoms in total. The molecule has 0 saturated carbocycles. The molecular weight excluding hydrogens is 330 g/mol. The fourth-order valence-corrected chi connectivity index (χ4v) is 3.42. The molecular formula is C19H25N5O2. The fraction of sp³-hybridized carbons (Fsp3) is 0.421. The molecule has 3 rings (SSSR count). The predicted molar refractivity (Wildman–Crippen MR) is 100 cm³/mol. The molecule has 1 fully saturated rings. The van der Waals surface area contributed by atoms with Crippen molar-refractivity contribution in [2.75, 3.05) is 27.2 Å². The molecule has 7 heteroatoms. The molecule has 0 spiro atoms. The number of hydrogen-bond donors (Lipinski definition) is 1. The van der Waals surface area contributed by atoms with Gasteiger partial charge in [-0.3, -0.25) is 9.79 Å². The van der Waals surface area contributed by atoms with Crippen LogP contribution in [0.4, 0.5) is 0 Å². The fourth-order valence-electron chi connectivity index (χ4n) is 3.42. The first-order chi connectivity index (χ1) is 12.6. The zero-order chi connectivity index (χ0) is 18.5. The first-order valence-electron chi connectivity index (χ1n) is 8.73. The Bertz CT molecular complexity index is 772. The van der Waals surface area contributed by atoms with Gasteiger partial charge in [0.25, 0.3) is 0 Å². The molecule has 1 aromatic carbocycles. The van der Waals surface area contributed by atoms with Crippen molar-refractivity contribution < 1.29 is 9.53 Å². The number of nitrogens with zero attached hydrogens (tertiary/aromatic N) is 4. The number of nitrogens with one attached hydrogen (secondary N) is 1. The molecule has 0 radical (unpaired) electrons. The van der Waals surface area contributed by atoms with E-state index in [0.717, 1.165) is 23.8 Å². The van der Waals surface area contributed by atoms with Crippen LogP contribution < -0.4 is 5.32 Å². The first kappa shape index (κ1) is 18.0. The number of imidazole rings is 1. The average molecular weight is 355 g/mol. The van der Waals surface area contributed by atoms with Crippen LogP contribution in [0.2, 0.25) is 0 Å². The quantitative estimate of drug-likeness (QED) is 0.513. The first-order valence-corrected chi connectivity index (χ1v) is 8.73. The Morgan fingerprint density at radius 1 is 1.38 bits per heavy atom. The second kappa shape index (κ2) is 8.03. The topological polar surface area (TPSA) is 71.8 Å². The van der Waals surface area contributed by atoms with Crippen molar-refractivity contribution in [3.05, 3.63) is 48.5 Å². The van der Waals surface area contributed by atoms with Gasteiger partial charge < -0.3 is 19.5 Å². The van der Waals surface area contributed by atoms with Crippen LogP contribution in [0.1, 0.15) is 12.5 Å². The predicted octanol–water partition coefficient (Wildman–Crippen LogP) is 1.69.